The minimum Gasteiger partial charge on any atom is -0.299 e. The molecular weight excluding hydrogens is 1130 g/mol. The van der Waals surface area contributed by atoms with Crippen LogP contribution in [0.3, 0.4) is 0 Å². The van der Waals surface area contributed by atoms with Gasteiger partial charge >= 0.3 is 30.9 Å². The Hall–Kier alpha value is -5.69. The number of halogens is 15. The number of rotatable bonds is 17. The van der Waals surface area contributed by atoms with Gasteiger partial charge in [0.05, 0.1) is 16.7 Å². The summed E-state index contributed by atoms with van der Waals surface area (Å²) < 4.78 is 203. The average molecular weight is 1200 g/mol. The number of ketones is 2. The van der Waals surface area contributed by atoms with Gasteiger partial charge in [0.25, 0.3) is 0 Å². The third-order valence-corrected chi connectivity index (χ3v) is 15.9. The lowest BCUT2D eigenvalue weighted by Gasteiger charge is -2.41. The fraction of sp³-hybridized carbons (Fsp3) is 0.508. The van der Waals surface area contributed by atoms with Crippen molar-refractivity contribution in [1.82, 2.24) is 9.80 Å². The summed E-state index contributed by atoms with van der Waals surface area (Å²) in [5, 5.41) is 0. The van der Waals surface area contributed by atoms with E-state index in [0.717, 1.165) is 52.4 Å². The van der Waals surface area contributed by atoms with Gasteiger partial charge in [0.2, 0.25) is 0 Å². The highest BCUT2D eigenvalue weighted by Crippen LogP contribution is 2.44. The summed E-state index contributed by atoms with van der Waals surface area (Å²) in [6.07, 6.45) is -20.7. The number of hydrogen-bond donors (Lipinski definition) is 0. The van der Waals surface area contributed by atoms with Gasteiger partial charge in [-0.15, -0.1) is 0 Å². The van der Waals surface area contributed by atoms with Crippen molar-refractivity contribution in [2.24, 2.45) is 17.8 Å². The zero-order valence-corrected chi connectivity index (χ0v) is 48.2. The van der Waals surface area contributed by atoms with Crippen LogP contribution < -0.4 is 0 Å². The van der Waals surface area contributed by atoms with E-state index in [0.29, 0.717) is 65.6 Å². The molecule has 0 radical (unpaired) electrons. The minimum atomic E-state index is -4.65. The SMILES string of the molecule is CC(=O)C(CC(C)C)c1cc(-c2ccc(C(F)(F)F)cc2)cc(C2CCC(C(F)(F)F)N(Cc3cccc(C(F)(F)F)c3)C2)c1.CC(=O)[C@H](CC(C)C)c1cc(-c2ccc(C(F)(F)F)cc2)cc([C@@H]2CC[C@H](C(F)(F)F)N(CCC(C)C)C2)c1. The van der Waals surface area contributed by atoms with Gasteiger partial charge in [0.1, 0.15) is 23.7 Å². The Kier molecular flexibility index (Phi) is 22.0. The second-order valence-corrected chi connectivity index (χ2v) is 24.0. The Balaban J connectivity index is 0.000000272. The molecule has 2 aliphatic rings. The van der Waals surface area contributed by atoms with Crippen LogP contribution in [0.4, 0.5) is 65.9 Å². The molecule has 2 aliphatic heterocycles. The number of alkyl halides is 15. The molecule has 2 fully saturated rings. The number of hydrogen-bond acceptors (Lipinski definition) is 4. The molecular formula is C65H73F15N2O2. The van der Waals surface area contributed by atoms with E-state index in [4.69, 9.17) is 0 Å². The molecule has 0 amide bonds. The predicted molar refractivity (Wildman–Crippen MR) is 296 cm³/mol. The molecule has 0 spiro atoms. The Bertz CT molecular complexity index is 2970. The van der Waals surface area contributed by atoms with Gasteiger partial charge in [-0.25, -0.2) is 0 Å². The predicted octanol–water partition coefficient (Wildman–Crippen LogP) is 19.7. The molecule has 84 heavy (non-hydrogen) atoms. The summed E-state index contributed by atoms with van der Waals surface area (Å²) in [4.78, 5) is 28.1. The topological polar surface area (TPSA) is 40.6 Å². The van der Waals surface area contributed by atoms with Crippen LogP contribution in [0.1, 0.15) is 169 Å². The molecule has 7 rings (SSSR count). The molecule has 460 valence electrons. The van der Waals surface area contributed by atoms with Gasteiger partial charge in [0, 0.05) is 31.5 Å². The summed E-state index contributed by atoms with van der Waals surface area (Å²) in [6.45, 7) is 15.0. The van der Waals surface area contributed by atoms with Crippen LogP contribution in [0.5, 0.6) is 0 Å². The van der Waals surface area contributed by atoms with Crippen LogP contribution in [0.2, 0.25) is 0 Å². The van der Waals surface area contributed by atoms with E-state index in [9.17, 15) is 75.4 Å². The Labute approximate surface area is 482 Å². The maximum Gasteiger partial charge on any atom is 0.416 e. The Morgan fingerprint density at radius 1 is 0.452 bits per heavy atom. The zero-order valence-electron chi connectivity index (χ0n) is 48.2. The van der Waals surface area contributed by atoms with Gasteiger partial charge < -0.3 is 0 Å². The lowest BCUT2D eigenvalue weighted by molar-refractivity contribution is -0.194. The van der Waals surface area contributed by atoms with Crippen LogP contribution in [-0.2, 0) is 34.7 Å². The van der Waals surface area contributed by atoms with Crippen LogP contribution in [0.25, 0.3) is 22.3 Å². The average Bonchev–Trinajstić information content (AvgIpc) is 2.06. The Morgan fingerprint density at radius 2 is 0.845 bits per heavy atom. The van der Waals surface area contributed by atoms with E-state index in [1.54, 1.807) is 18.2 Å². The van der Waals surface area contributed by atoms with E-state index in [1.165, 1.54) is 55.1 Å². The molecule has 0 aliphatic carbocycles. The molecule has 0 aromatic heterocycles. The summed E-state index contributed by atoms with van der Waals surface area (Å²) in [5.41, 5.74) is 2.57. The lowest BCUT2D eigenvalue weighted by Crippen LogP contribution is -2.51. The second-order valence-electron chi connectivity index (χ2n) is 24.0. The summed E-state index contributed by atoms with van der Waals surface area (Å²) in [7, 11) is 0. The quantitative estimate of drug-likeness (QED) is 0.0870. The van der Waals surface area contributed by atoms with Gasteiger partial charge in [-0.1, -0.05) is 120 Å². The maximum absolute atomic E-state index is 14.1. The van der Waals surface area contributed by atoms with Crippen LogP contribution in [0.15, 0.2) is 109 Å². The van der Waals surface area contributed by atoms with Crippen molar-refractivity contribution in [1.29, 1.82) is 0 Å². The van der Waals surface area contributed by atoms with Gasteiger partial charge in [0.15, 0.2) is 0 Å². The van der Waals surface area contributed by atoms with E-state index in [1.807, 2.05) is 59.7 Å². The zero-order chi connectivity index (χ0) is 62.4. The van der Waals surface area contributed by atoms with E-state index in [2.05, 4.69) is 0 Å². The highest BCUT2D eigenvalue weighted by molar-refractivity contribution is 5.85. The van der Waals surface area contributed by atoms with Gasteiger partial charge in [-0.2, -0.15) is 65.9 Å². The first-order valence-corrected chi connectivity index (χ1v) is 28.3. The van der Waals surface area contributed by atoms with Crippen LogP contribution >= 0.6 is 0 Å². The first-order chi connectivity index (χ1) is 38.9. The van der Waals surface area contributed by atoms with Crippen molar-refractivity contribution in [2.75, 3.05) is 19.6 Å². The first kappa shape index (κ1) is 67.4. The molecule has 0 bridgehead atoms. The summed E-state index contributed by atoms with van der Waals surface area (Å²) >= 11 is 0. The number of Topliss-reactive ketones (excluding diaryl/α,β-unsaturated/α-hetero) is 2. The smallest absolute Gasteiger partial charge is 0.299 e. The first-order valence-electron chi connectivity index (χ1n) is 28.3. The number of piperidine rings is 2. The highest BCUT2D eigenvalue weighted by atomic mass is 19.4. The molecule has 6 atom stereocenters. The fourth-order valence-corrected chi connectivity index (χ4v) is 11.6. The second kappa shape index (κ2) is 27.3. The van der Waals surface area contributed by atoms with Crippen molar-refractivity contribution in [2.45, 2.75) is 174 Å². The molecule has 3 unspecified atom stereocenters. The summed E-state index contributed by atoms with van der Waals surface area (Å²) in [5.74, 6) is -1.11. The molecule has 19 heteroatoms. The number of carbonyl (C=O) groups excluding carboxylic acids is 2. The van der Waals surface area contributed by atoms with E-state index < -0.39 is 77.4 Å². The third kappa shape index (κ3) is 18.4. The number of nitrogens with zero attached hydrogens (tertiary/aromatic N) is 2. The van der Waals surface area contributed by atoms with E-state index in [-0.39, 0.29) is 79.7 Å². The third-order valence-electron chi connectivity index (χ3n) is 15.9. The van der Waals surface area contributed by atoms with Crippen molar-refractivity contribution >= 4 is 11.6 Å². The van der Waals surface area contributed by atoms with Crippen molar-refractivity contribution in [3.63, 3.8) is 0 Å². The monoisotopic (exact) mass is 1200 g/mol. The number of benzene rings is 5. The maximum atomic E-state index is 14.1. The molecule has 2 heterocycles. The molecule has 0 saturated carbocycles. The largest absolute Gasteiger partial charge is 0.416 e. The van der Waals surface area contributed by atoms with Crippen molar-refractivity contribution < 1.29 is 75.4 Å². The minimum absolute atomic E-state index is 0.0152. The number of carbonyl (C=O) groups is 2. The van der Waals surface area contributed by atoms with Gasteiger partial charge in [-0.3, -0.25) is 19.4 Å². The molecule has 5 aromatic rings. The number of likely N-dealkylation sites (tertiary alicyclic amines) is 2. The summed E-state index contributed by atoms with van der Waals surface area (Å²) in [6, 6.07) is 21.2. The molecule has 2 saturated heterocycles. The molecule has 4 nitrogen and oxygen atoms in total. The molecule has 5 aromatic carbocycles. The standard InChI is InChI=1S/C34H34F9NO.C31H39F6NO/c1-20(2)13-30(21(3)45)27-16-25(23-7-10-28(11-8-23)32(35,36)37)15-26(17-27)24-9-12-31(34(41,42)43)44(19-24)18-22-5-4-6-29(14-22)33(38,39)40;1-19(2)12-13-38-18-23(8-11-29(38)31(35,36)37)25-15-24(22-6-9-27(10-7-22)30(32,33)34)16-26(17-25)28(21(5)39)14-20(3)4/h4-8,10-11,14-17,20,24,30-31H,9,12-13,18-19H2,1-3H3;6-7,9-10,15-17,19-20,23,28-29H,8,11-14,18H2,1-5H3/t;23-,28+,29-/m.1/s1. The highest BCUT2D eigenvalue weighted by Gasteiger charge is 2.48. The Morgan fingerprint density at radius 3 is 1.20 bits per heavy atom. The normalized spacial score (nSPS) is 19.5. The van der Waals surface area contributed by atoms with E-state index >= 15 is 0 Å². The van der Waals surface area contributed by atoms with Crippen LogP contribution in [0, 0.1) is 17.8 Å². The lowest BCUT2D eigenvalue weighted by atomic mass is 9.81. The van der Waals surface area contributed by atoms with Crippen LogP contribution in [-0.4, -0.2) is 65.4 Å². The van der Waals surface area contributed by atoms with Gasteiger partial charge in [-0.05, 0) is 175 Å². The van der Waals surface area contributed by atoms with Crippen molar-refractivity contribution in [3.05, 3.63) is 154 Å². The molecule has 0 N–H and O–H groups in total. The van der Waals surface area contributed by atoms with Crippen molar-refractivity contribution in [3.8, 4) is 22.3 Å². The fourth-order valence-electron chi connectivity index (χ4n) is 11.6.